The highest BCUT2D eigenvalue weighted by molar-refractivity contribution is 5.83. The van der Waals surface area contributed by atoms with Crippen molar-refractivity contribution in [3.8, 4) is 5.75 Å². The number of rotatable bonds is 7. The molecule has 23 heavy (non-hydrogen) atoms. The van der Waals surface area contributed by atoms with Crippen LogP contribution in [0.5, 0.6) is 5.75 Å². The lowest BCUT2D eigenvalue weighted by Gasteiger charge is -2.10. The summed E-state index contributed by atoms with van der Waals surface area (Å²) in [5.74, 6) is -1.26. The predicted octanol–water partition coefficient (Wildman–Crippen LogP) is 3.50. The van der Waals surface area contributed by atoms with Gasteiger partial charge in [0.25, 0.3) is 0 Å². The number of aryl methyl sites for hydroxylation is 1. The lowest BCUT2D eigenvalue weighted by Crippen LogP contribution is -2.04. The summed E-state index contributed by atoms with van der Waals surface area (Å²) in [7, 11) is 0. The van der Waals surface area contributed by atoms with Gasteiger partial charge in [0.1, 0.15) is 5.82 Å². The van der Waals surface area contributed by atoms with E-state index in [1.54, 1.807) is 13.1 Å². The first-order chi connectivity index (χ1) is 11.0. The molecule has 0 unspecified atom stereocenters. The van der Waals surface area contributed by atoms with Gasteiger partial charge in [-0.25, -0.2) is 18.4 Å². The van der Waals surface area contributed by atoms with Crippen molar-refractivity contribution in [1.82, 2.24) is 9.66 Å². The van der Waals surface area contributed by atoms with Crippen molar-refractivity contribution in [3.63, 3.8) is 0 Å². The zero-order chi connectivity index (χ0) is 16.8. The molecule has 2 aromatic rings. The summed E-state index contributed by atoms with van der Waals surface area (Å²) in [5.41, 5.74) is 6.58. The van der Waals surface area contributed by atoms with Crippen molar-refractivity contribution < 1.29 is 13.5 Å². The summed E-state index contributed by atoms with van der Waals surface area (Å²) in [6, 6.07) is 1.96. The number of unbranched alkanes of at least 4 members (excludes halogenated alkanes) is 2. The Labute approximate surface area is 133 Å². The maximum Gasteiger partial charge on any atom is 0.221 e. The monoisotopic (exact) mass is 322 g/mol. The molecule has 0 saturated carbocycles. The Balaban J connectivity index is 2.23. The number of ether oxygens (including phenoxy) is 1. The van der Waals surface area contributed by atoms with E-state index < -0.39 is 11.6 Å². The average molecular weight is 322 g/mol. The number of hydrogen-bond acceptors (Lipinski definition) is 4. The third kappa shape index (κ3) is 4.51. The van der Waals surface area contributed by atoms with Crippen LogP contribution in [-0.4, -0.2) is 22.5 Å². The van der Waals surface area contributed by atoms with Crippen LogP contribution in [0.25, 0.3) is 0 Å². The number of imidazole rings is 1. The van der Waals surface area contributed by atoms with Gasteiger partial charge in [-0.1, -0.05) is 19.8 Å². The molecule has 1 heterocycles. The SMILES string of the molecule is CCCCCOc1c(F)cc(F)cc1C=Nn1cc(C)nc1N. The molecule has 0 aliphatic carbocycles. The molecule has 0 aliphatic rings. The molecule has 0 saturated heterocycles. The highest BCUT2D eigenvalue weighted by atomic mass is 19.1. The van der Waals surface area contributed by atoms with E-state index >= 15 is 0 Å². The Hall–Kier alpha value is -2.44. The number of nitrogens with zero attached hydrogens (tertiary/aromatic N) is 3. The van der Waals surface area contributed by atoms with Gasteiger partial charge < -0.3 is 10.5 Å². The summed E-state index contributed by atoms with van der Waals surface area (Å²) in [4.78, 5) is 4.00. The third-order valence-corrected chi connectivity index (χ3v) is 3.19. The summed E-state index contributed by atoms with van der Waals surface area (Å²) in [5, 5.41) is 4.07. The van der Waals surface area contributed by atoms with E-state index in [9.17, 15) is 8.78 Å². The molecule has 0 bridgehead atoms. The fraction of sp³-hybridized carbons (Fsp3) is 0.375. The first-order valence-electron chi connectivity index (χ1n) is 7.49. The van der Waals surface area contributed by atoms with Crippen LogP contribution in [0.1, 0.15) is 37.4 Å². The number of nitrogens with two attached hydrogens (primary N) is 1. The van der Waals surface area contributed by atoms with E-state index in [0.717, 1.165) is 25.3 Å². The predicted molar refractivity (Wildman–Crippen MR) is 85.7 cm³/mol. The Kier molecular flexibility index (Phi) is 5.67. The Morgan fingerprint density at radius 1 is 1.35 bits per heavy atom. The van der Waals surface area contributed by atoms with Crippen molar-refractivity contribution in [3.05, 3.63) is 41.2 Å². The zero-order valence-corrected chi connectivity index (χ0v) is 13.2. The van der Waals surface area contributed by atoms with Gasteiger partial charge in [0.2, 0.25) is 5.95 Å². The minimum atomic E-state index is -0.752. The number of hydrogen-bond donors (Lipinski definition) is 1. The number of benzene rings is 1. The molecule has 0 radical (unpaired) electrons. The highest BCUT2D eigenvalue weighted by Gasteiger charge is 2.12. The molecule has 124 valence electrons. The average Bonchev–Trinajstić information content (AvgIpc) is 2.81. The first-order valence-corrected chi connectivity index (χ1v) is 7.49. The second kappa shape index (κ2) is 7.71. The smallest absolute Gasteiger partial charge is 0.221 e. The molecule has 1 aromatic carbocycles. The normalized spacial score (nSPS) is 11.3. The van der Waals surface area contributed by atoms with Crippen LogP contribution in [0.3, 0.4) is 0 Å². The quantitative estimate of drug-likeness (QED) is 0.627. The highest BCUT2D eigenvalue weighted by Crippen LogP contribution is 2.23. The molecule has 0 fully saturated rings. The Morgan fingerprint density at radius 3 is 2.78 bits per heavy atom. The summed E-state index contributed by atoms with van der Waals surface area (Å²) in [6.07, 6.45) is 5.74. The number of anilines is 1. The number of nitrogen functional groups attached to an aromatic ring is 1. The maximum absolute atomic E-state index is 14.0. The molecular weight excluding hydrogens is 302 g/mol. The summed E-state index contributed by atoms with van der Waals surface area (Å²) in [6.45, 7) is 4.20. The summed E-state index contributed by atoms with van der Waals surface area (Å²) >= 11 is 0. The van der Waals surface area contributed by atoms with Crippen molar-refractivity contribution >= 4 is 12.2 Å². The van der Waals surface area contributed by atoms with Gasteiger partial charge in [-0.15, -0.1) is 0 Å². The Bertz CT molecular complexity index is 698. The van der Waals surface area contributed by atoms with E-state index in [4.69, 9.17) is 10.5 Å². The Morgan fingerprint density at radius 2 is 2.13 bits per heavy atom. The largest absolute Gasteiger partial charge is 0.490 e. The van der Waals surface area contributed by atoms with E-state index in [-0.39, 0.29) is 17.3 Å². The van der Waals surface area contributed by atoms with Crippen LogP contribution in [0.15, 0.2) is 23.4 Å². The summed E-state index contributed by atoms with van der Waals surface area (Å²) < 4.78 is 34.2. The minimum absolute atomic E-state index is 0.0124. The second-order valence-electron chi connectivity index (χ2n) is 5.19. The fourth-order valence-electron chi connectivity index (χ4n) is 2.08. The van der Waals surface area contributed by atoms with Crippen LogP contribution in [0, 0.1) is 18.6 Å². The lowest BCUT2D eigenvalue weighted by atomic mass is 10.2. The topological polar surface area (TPSA) is 65.4 Å². The molecule has 0 atom stereocenters. The van der Waals surface area contributed by atoms with E-state index in [1.165, 1.54) is 17.0 Å². The van der Waals surface area contributed by atoms with Crippen LogP contribution in [0.4, 0.5) is 14.7 Å². The van der Waals surface area contributed by atoms with Gasteiger partial charge in [-0.05, 0) is 19.4 Å². The number of aromatic nitrogens is 2. The molecule has 5 nitrogen and oxygen atoms in total. The van der Waals surface area contributed by atoms with Crippen molar-refractivity contribution in [2.24, 2.45) is 5.10 Å². The van der Waals surface area contributed by atoms with Crippen LogP contribution in [-0.2, 0) is 0 Å². The van der Waals surface area contributed by atoms with E-state index in [0.29, 0.717) is 12.3 Å². The standard InChI is InChI=1S/C16H20F2N4O/c1-3-4-5-6-23-15-12(7-13(17)8-14(15)18)9-20-22-10-11(2)21-16(22)19/h7-10H,3-6H2,1-2H3,(H2,19,21). The second-order valence-corrected chi connectivity index (χ2v) is 5.19. The van der Waals surface area contributed by atoms with Gasteiger partial charge in [-0.3, -0.25) is 0 Å². The van der Waals surface area contributed by atoms with Gasteiger partial charge in [0.05, 0.1) is 24.7 Å². The van der Waals surface area contributed by atoms with Crippen LogP contribution < -0.4 is 10.5 Å². The van der Waals surface area contributed by atoms with Crippen molar-refractivity contribution in [1.29, 1.82) is 0 Å². The molecule has 2 rings (SSSR count). The molecule has 0 spiro atoms. The molecule has 0 aliphatic heterocycles. The van der Waals surface area contributed by atoms with E-state index in [2.05, 4.69) is 17.0 Å². The molecule has 2 N–H and O–H groups in total. The van der Waals surface area contributed by atoms with Crippen molar-refractivity contribution in [2.75, 3.05) is 12.3 Å². The van der Waals surface area contributed by atoms with Crippen LogP contribution >= 0.6 is 0 Å². The third-order valence-electron chi connectivity index (χ3n) is 3.19. The molecule has 1 aromatic heterocycles. The van der Waals surface area contributed by atoms with Crippen molar-refractivity contribution in [2.45, 2.75) is 33.1 Å². The van der Waals surface area contributed by atoms with Gasteiger partial charge >= 0.3 is 0 Å². The molecule has 0 amide bonds. The molecule has 7 heteroatoms. The minimum Gasteiger partial charge on any atom is -0.490 e. The zero-order valence-electron chi connectivity index (χ0n) is 13.2. The van der Waals surface area contributed by atoms with E-state index in [1.807, 2.05) is 0 Å². The fourth-order valence-corrected chi connectivity index (χ4v) is 2.08. The molecular formula is C16H20F2N4O. The maximum atomic E-state index is 14.0. The first kappa shape index (κ1) is 16.9. The van der Waals surface area contributed by atoms with Gasteiger partial charge in [-0.2, -0.15) is 5.10 Å². The number of halogens is 2. The lowest BCUT2D eigenvalue weighted by molar-refractivity contribution is 0.290. The van der Waals surface area contributed by atoms with Gasteiger partial charge in [0.15, 0.2) is 11.6 Å². The van der Waals surface area contributed by atoms with Crippen LogP contribution in [0.2, 0.25) is 0 Å². The van der Waals surface area contributed by atoms with Gasteiger partial charge in [0, 0.05) is 11.6 Å².